The number of benzene rings is 1. The molecule has 8 nitrogen and oxygen atoms in total. The molecule has 0 aliphatic rings. The fraction of sp³-hybridized carbons (Fsp3) is 0.400. The molecule has 0 aliphatic carbocycles. The Hall–Kier alpha value is -3.25. The van der Waals surface area contributed by atoms with Crippen LogP contribution in [0.15, 0.2) is 18.2 Å². The Bertz CT molecular complexity index is 1060. The number of rotatable bonds is 8. The average Bonchev–Trinajstić information content (AvgIpc) is 3.02. The molecule has 0 fully saturated rings. The summed E-state index contributed by atoms with van der Waals surface area (Å²) in [4.78, 5) is 12.1. The summed E-state index contributed by atoms with van der Waals surface area (Å²) in [5.74, 6) is 1.29. The molecule has 0 spiro atoms. The van der Waals surface area contributed by atoms with Crippen LogP contribution in [0.3, 0.4) is 0 Å². The van der Waals surface area contributed by atoms with Crippen molar-refractivity contribution in [2.24, 2.45) is 0 Å². The lowest BCUT2D eigenvalue weighted by molar-refractivity contribution is 0.414. The Morgan fingerprint density at radius 3 is 2.79 bits per heavy atom. The maximum atomic E-state index is 13.8. The molecular weight excluding hydrogens is 373 g/mol. The van der Waals surface area contributed by atoms with Gasteiger partial charge in [0.2, 0.25) is 0 Å². The number of nitrogens with zero attached hydrogens (tertiary/aromatic N) is 5. The van der Waals surface area contributed by atoms with Gasteiger partial charge in [0.05, 0.1) is 18.7 Å². The number of anilines is 1. The number of methoxy groups -OCH3 is 1. The van der Waals surface area contributed by atoms with E-state index in [1.807, 2.05) is 4.57 Å². The van der Waals surface area contributed by atoms with Crippen molar-refractivity contribution in [3.05, 3.63) is 41.2 Å². The highest BCUT2D eigenvalue weighted by molar-refractivity contribution is 5.82. The number of aryl methyl sites for hydroxylation is 1. The van der Waals surface area contributed by atoms with Crippen molar-refractivity contribution in [1.29, 1.82) is 5.26 Å². The number of fused-ring (bicyclic) bond motifs is 1. The molecule has 152 valence electrons. The Kier molecular flexibility index (Phi) is 6.24. The summed E-state index contributed by atoms with van der Waals surface area (Å²) in [6, 6.07) is 7.82. The molecule has 0 bridgehead atoms. The minimum absolute atomic E-state index is 0.000968. The molecule has 0 aliphatic heterocycles. The van der Waals surface area contributed by atoms with Crippen molar-refractivity contribution >= 4 is 17.0 Å². The van der Waals surface area contributed by atoms with Crippen LogP contribution in [-0.4, -0.2) is 39.2 Å². The predicted molar refractivity (Wildman–Crippen MR) is 108 cm³/mol. The van der Waals surface area contributed by atoms with Crippen molar-refractivity contribution in [3.63, 3.8) is 0 Å². The van der Waals surface area contributed by atoms with Gasteiger partial charge in [0.1, 0.15) is 11.6 Å². The van der Waals surface area contributed by atoms with Crippen LogP contribution in [0.25, 0.3) is 11.2 Å². The summed E-state index contributed by atoms with van der Waals surface area (Å²) < 4.78 is 20.9. The van der Waals surface area contributed by atoms with Crippen molar-refractivity contribution in [2.45, 2.75) is 39.3 Å². The maximum Gasteiger partial charge on any atom is 0.312 e. The number of hydrogen-bond acceptors (Lipinski definition) is 7. The predicted octanol–water partition coefficient (Wildman–Crippen LogP) is 2.41. The van der Waals surface area contributed by atoms with Gasteiger partial charge in [-0.15, -0.1) is 0 Å². The van der Waals surface area contributed by atoms with E-state index in [-0.39, 0.29) is 5.82 Å². The molecule has 0 radical (unpaired) electrons. The summed E-state index contributed by atoms with van der Waals surface area (Å²) in [5, 5.41) is 12.8. The second-order valence-corrected chi connectivity index (χ2v) is 7.00. The van der Waals surface area contributed by atoms with Crippen LogP contribution in [0.2, 0.25) is 0 Å². The summed E-state index contributed by atoms with van der Waals surface area (Å²) in [7, 11) is 1.57. The fourth-order valence-corrected chi connectivity index (χ4v) is 3.16. The van der Waals surface area contributed by atoms with Crippen LogP contribution in [-0.2, 0) is 13.0 Å². The van der Waals surface area contributed by atoms with Gasteiger partial charge in [-0.2, -0.15) is 19.6 Å². The highest BCUT2D eigenvalue weighted by Gasteiger charge is 2.18. The molecule has 2 heterocycles. The molecule has 3 aromatic rings. The second kappa shape index (κ2) is 8.84. The maximum absolute atomic E-state index is 13.8. The van der Waals surface area contributed by atoms with Gasteiger partial charge < -0.3 is 20.4 Å². The van der Waals surface area contributed by atoms with Gasteiger partial charge in [0.25, 0.3) is 0 Å². The van der Waals surface area contributed by atoms with Crippen LogP contribution in [0.1, 0.15) is 37.2 Å². The van der Waals surface area contributed by atoms with Crippen LogP contribution in [0, 0.1) is 17.4 Å². The van der Waals surface area contributed by atoms with Crippen molar-refractivity contribution in [2.75, 3.05) is 19.4 Å². The molecule has 0 amide bonds. The van der Waals surface area contributed by atoms with Crippen LogP contribution >= 0.6 is 0 Å². The van der Waals surface area contributed by atoms with Crippen LogP contribution in [0.5, 0.6) is 5.75 Å². The van der Waals surface area contributed by atoms with E-state index in [9.17, 15) is 9.65 Å². The molecule has 0 saturated carbocycles. The lowest BCUT2D eigenvalue weighted by Crippen LogP contribution is -2.24. The summed E-state index contributed by atoms with van der Waals surface area (Å²) >= 11 is 0. The topological polar surface area (TPSA) is 115 Å². The quantitative estimate of drug-likeness (QED) is 0.443. The summed E-state index contributed by atoms with van der Waals surface area (Å²) in [5.41, 5.74) is 7.88. The summed E-state index contributed by atoms with van der Waals surface area (Å²) in [6.07, 6.45) is 0.266. The molecule has 3 N–H and O–H groups in total. The monoisotopic (exact) mass is 397 g/mol. The average molecular weight is 397 g/mol. The highest BCUT2D eigenvalue weighted by Crippen LogP contribution is 2.24. The Labute approximate surface area is 168 Å². The minimum Gasteiger partial charge on any atom is -0.497 e. The van der Waals surface area contributed by atoms with E-state index in [1.165, 1.54) is 0 Å². The molecule has 0 atom stereocenters. The fourth-order valence-electron chi connectivity index (χ4n) is 3.16. The largest absolute Gasteiger partial charge is 0.497 e. The van der Waals surface area contributed by atoms with Gasteiger partial charge in [0.15, 0.2) is 17.0 Å². The van der Waals surface area contributed by atoms with E-state index in [0.29, 0.717) is 47.3 Å². The van der Waals surface area contributed by atoms with E-state index in [1.54, 1.807) is 25.3 Å². The van der Waals surface area contributed by atoms with Gasteiger partial charge in [0, 0.05) is 19.0 Å². The molecular formula is C20H24FN7O. The van der Waals surface area contributed by atoms with Gasteiger partial charge in [-0.3, -0.25) is 0 Å². The molecule has 9 heteroatoms. The second-order valence-electron chi connectivity index (χ2n) is 7.00. The zero-order valence-corrected chi connectivity index (χ0v) is 16.7. The minimum atomic E-state index is -0.887. The lowest BCUT2D eigenvalue weighted by Gasteiger charge is -2.12. The van der Waals surface area contributed by atoms with Crippen molar-refractivity contribution in [3.8, 4) is 11.8 Å². The lowest BCUT2D eigenvalue weighted by atomic mass is 10.0. The molecule has 1 aromatic carbocycles. The van der Waals surface area contributed by atoms with E-state index in [2.05, 4.69) is 40.2 Å². The highest BCUT2D eigenvalue weighted by atomic mass is 19.1. The van der Waals surface area contributed by atoms with Crippen molar-refractivity contribution in [1.82, 2.24) is 24.8 Å². The molecule has 0 unspecified atom stereocenters. The number of nitrogen functional groups attached to an aromatic ring is 1. The van der Waals surface area contributed by atoms with Gasteiger partial charge in [-0.25, -0.2) is 4.98 Å². The number of aromatic nitrogens is 4. The smallest absolute Gasteiger partial charge is 0.312 e. The van der Waals surface area contributed by atoms with Crippen LogP contribution < -0.4 is 15.8 Å². The van der Waals surface area contributed by atoms with E-state index >= 15 is 0 Å². The van der Waals surface area contributed by atoms with Gasteiger partial charge >= 0.3 is 6.08 Å². The third-order valence-corrected chi connectivity index (χ3v) is 4.57. The number of hydrogen-bond donors (Lipinski definition) is 2. The van der Waals surface area contributed by atoms with Gasteiger partial charge in [-0.05, 0) is 36.7 Å². The SMILES string of the molecule is COc1ccc(C#N)c(Cc2nc3c(N)nc(F)nc3n2CCCNC(C)C)c1. The number of nitriles is 1. The first-order valence-electron chi connectivity index (χ1n) is 9.41. The normalized spacial score (nSPS) is 11.2. The standard InChI is InChI=1S/C20H24FN7O/c1-12(2)24-7-4-8-28-16(25-17-18(23)26-20(21)27-19(17)28)10-14-9-15(29-3)6-5-13(14)11-22/h5-6,9,12,24H,4,7-8,10H2,1-3H3,(H2,23,26,27). The van der Waals surface area contributed by atoms with Gasteiger partial charge in [-0.1, -0.05) is 13.8 Å². The van der Waals surface area contributed by atoms with Crippen LogP contribution in [0.4, 0.5) is 10.2 Å². The first-order chi connectivity index (χ1) is 13.9. The Morgan fingerprint density at radius 1 is 1.31 bits per heavy atom. The number of imidazole rings is 1. The van der Waals surface area contributed by atoms with Crippen molar-refractivity contribution < 1.29 is 9.13 Å². The summed E-state index contributed by atoms with van der Waals surface area (Å²) in [6.45, 7) is 5.52. The zero-order chi connectivity index (χ0) is 21.0. The number of nitrogens with one attached hydrogen (secondary N) is 1. The molecule has 2 aromatic heterocycles. The van der Waals surface area contributed by atoms with E-state index < -0.39 is 6.08 Å². The van der Waals surface area contributed by atoms with E-state index in [0.717, 1.165) is 18.5 Å². The number of nitrogens with two attached hydrogens (primary N) is 1. The zero-order valence-electron chi connectivity index (χ0n) is 16.7. The third kappa shape index (κ3) is 4.60. The first-order valence-corrected chi connectivity index (χ1v) is 9.41. The molecule has 3 rings (SSSR count). The third-order valence-electron chi connectivity index (χ3n) is 4.57. The number of halogens is 1. The number of ether oxygens (including phenoxy) is 1. The van der Waals surface area contributed by atoms with E-state index in [4.69, 9.17) is 10.5 Å². The Balaban J connectivity index is 2.01. The molecule has 29 heavy (non-hydrogen) atoms. The molecule has 0 saturated heterocycles. The first kappa shape index (κ1) is 20.5. The Morgan fingerprint density at radius 2 is 2.10 bits per heavy atom.